The van der Waals surface area contributed by atoms with Crippen molar-refractivity contribution in [2.24, 2.45) is 0 Å². The van der Waals surface area contributed by atoms with Gasteiger partial charge in [-0.2, -0.15) is 0 Å². The van der Waals surface area contributed by atoms with Crippen molar-refractivity contribution in [3.8, 4) is 0 Å². The highest BCUT2D eigenvalue weighted by atomic mass is 35.5. The Morgan fingerprint density at radius 2 is 1.59 bits per heavy atom. The molecule has 0 saturated heterocycles. The summed E-state index contributed by atoms with van der Waals surface area (Å²) < 4.78 is 13.0. The third kappa shape index (κ3) is 3.62. The van der Waals surface area contributed by atoms with Gasteiger partial charge in [0.25, 0.3) is 0 Å². The lowest BCUT2D eigenvalue weighted by Gasteiger charge is -2.11. The van der Waals surface area contributed by atoms with E-state index >= 15 is 0 Å². The van der Waals surface area contributed by atoms with Crippen molar-refractivity contribution in [2.75, 3.05) is 10.6 Å². The number of benzene rings is 2. The molecule has 4 nitrogen and oxygen atoms in total. The van der Waals surface area contributed by atoms with Gasteiger partial charge in [0.2, 0.25) is 0 Å². The second kappa shape index (κ2) is 6.58. The van der Waals surface area contributed by atoms with Crippen LogP contribution in [0.5, 0.6) is 0 Å². The van der Waals surface area contributed by atoms with E-state index < -0.39 is 17.6 Å². The molecule has 0 atom stereocenters. The fourth-order valence-corrected chi connectivity index (χ4v) is 2.12. The molecule has 0 aliphatic carbocycles. The first kappa shape index (κ1) is 16.0. The van der Waals surface area contributed by atoms with Crippen LogP contribution in [0.1, 0.15) is 11.1 Å². The molecule has 0 bridgehead atoms. The van der Waals surface area contributed by atoms with Crippen LogP contribution in [0.25, 0.3) is 0 Å². The van der Waals surface area contributed by atoms with Gasteiger partial charge in [0.15, 0.2) is 0 Å². The van der Waals surface area contributed by atoms with Gasteiger partial charge in [-0.1, -0.05) is 29.8 Å². The summed E-state index contributed by atoms with van der Waals surface area (Å²) in [7, 11) is 0. The molecule has 0 heterocycles. The maximum absolute atomic E-state index is 13.0. The number of amides is 2. The maximum Gasteiger partial charge on any atom is 0.314 e. The van der Waals surface area contributed by atoms with Crippen LogP contribution < -0.4 is 10.6 Å². The van der Waals surface area contributed by atoms with Gasteiger partial charge in [0.05, 0.1) is 5.02 Å². The van der Waals surface area contributed by atoms with Crippen molar-refractivity contribution in [2.45, 2.75) is 13.8 Å². The number of hydrogen-bond acceptors (Lipinski definition) is 2. The smallest absolute Gasteiger partial charge is 0.314 e. The van der Waals surface area contributed by atoms with Gasteiger partial charge in [-0.25, -0.2) is 4.39 Å². The Hall–Kier alpha value is -2.40. The van der Waals surface area contributed by atoms with Crippen molar-refractivity contribution in [1.29, 1.82) is 0 Å². The zero-order chi connectivity index (χ0) is 16.3. The molecule has 2 N–H and O–H groups in total. The number of rotatable bonds is 2. The Bertz CT molecular complexity index is 727. The highest BCUT2D eigenvalue weighted by Crippen LogP contribution is 2.21. The van der Waals surface area contributed by atoms with E-state index in [1.165, 1.54) is 12.1 Å². The molecule has 0 saturated carbocycles. The summed E-state index contributed by atoms with van der Waals surface area (Å²) >= 11 is 5.62. The summed E-state index contributed by atoms with van der Waals surface area (Å²) in [5.41, 5.74) is 2.55. The van der Waals surface area contributed by atoms with E-state index in [-0.39, 0.29) is 10.7 Å². The van der Waals surface area contributed by atoms with Gasteiger partial charge in [-0.15, -0.1) is 0 Å². The number of halogens is 2. The third-order valence-electron chi connectivity index (χ3n) is 3.10. The Morgan fingerprint density at radius 3 is 2.18 bits per heavy atom. The normalized spacial score (nSPS) is 10.2. The molecule has 2 aromatic carbocycles. The summed E-state index contributed by atoms with van der Waals surface area (Å²) in [6.07, 6.45) is 0. The molecule has 0 spiro atoms. The van der Waals surface area contributed by atoms with Crippen molar-refractivity contribution < 1.29 is 14.0 Å². The molecule has 2 rings (SSSR count). The van der Waals surface area contributed by atoms with Crippen molar-refractivity contribution in [1.82, 2.24) is 0 Å². The highest BCUT2D eigenvalue weighted by Gasteiger charge is 2.16. The Labute approximate surface area is 132 Å². The number of para-hydroxylation sites is 1. The minimum Gasteiger partial charge on any atom is -0.318 e. The van der Waals surface area contributed by atoms with E-state index in [0.717, 1.165) is 17.2 Å². The van der Waals surface area contributed by atoms with Gasteiger partial charge in [-0.3, -0.25) is 9.59 Å². The molecule has 0 aromatic heterocycles. The van der Waals surface area contributed by atoms with Crippen LogP contribution in [0, 0.1) is 19.7 Å². The fourth-order valence-electron chi connectivity index (χ4n) is 1.94. The zero-order valence-corrected chi connectivity index (χ0v) is 12.8. The summed E-state index contributed by atoms with van der Waals surface area (Å²) in [5.74, 6) is -2.26. The van der Waals surface area contributed by atoms with Crippen LogP contribution >= 0.6 is 11.6 Å². The molecular formula is C16H14ClFN2O2. The molecule has 114 valence electrons. The quantitative estimate of drug-likeness (QED) is 0.829. The van der Waals surface area contributed by atoms with Crippen LogP contribution in [0.2, 0.25) is 5.02 Å². The minimum atomic E-state index is -0.856. The van der Waals surface area contributed by atoms with Crippen LogP contribution in [0.15, 0.2) is 36.4 Å². The van der Waals surface area contributed by atoms with Crippen molar-refractivity contribution in [3.63, 3.8) is 0 Å². The third-order valence-corrected chi connectivity index (χ3v) is 3.39. The molecule has 0 aliphatic rings. The number of aryl methyl sites for hydroxylation is 2. The van der Waals surface area contributed by atoms with E-state index in [2.05, 4.69) is 10.6 Å². The number of carbonyl (C=O) groups is 2. The molecule has 0 fully saturated rings. The molecule has 22 heavy (non-hydrogen) atoms. The van der Waals surface area contributed by atoms with Crippen LogP contribution in [-0.2, 0) is 9.59 Å². The summed E-state index contributed by atoms with van der Waals surface area (Å²) in [6, 6.07) is 9.20. The lowest BCUT2D eigenvalue weighted by Crippen LogP contribution is -2.29. The molecule has 0 unspecified atom stereocenters. The Morgan fingerprint density at radius 1 is 1.00 bits per heavy atom. The standard InChI is InChI=1S/C16H14ClFN2O2/c1-9-4-3-5-10(2)14(9)20-16(22)15(21)19-11-6-7-13(18)12(17)8-11/h3-8H,1-2H3,(H,19,21)(H,20,22). The maximum atomic E-state index is 13.0. The van der Waals surface area contributed by atoms with Crippen LogP contribution in [0.3, 0.4) is 0 Å². The summed E-state index contributed by atoms with van der Waals surface area (Å²) in [6.45, 7) is 3.67. The van der Waals surface area contributed by atoms with Crippen LogP contribution in [0.4, 0.5) is 15.8 Å². The number of nitrogens with one attached hydrogen (secondary N) is 2. The number of anilines is 2. The van der Waals surface area contributed by atoms with E-state index in [1.54, 1.807) is 0 Å². The molecule has 2 amide bonds. The minimum absolute atomic E-state index is 0.132. The second-order valence-electron chi connectivity index (χ2n) is 4.80. The largest absolute Gasteiger partial charge is 0.318 e. The average Bonchev–Trinajstić information content (AvgIpc) is 2.46. The molecule has 0 aliphatic heterocycles. The molecule has 6 heteroatoms. The number of hydrogen-bond donors (Lipinski definition) is 2. The molecule has 2 aromatic rings. The summed E-state index contributed by atoms with van der Waals surface area (Å²) in [4.78, 5) is 23.8. The zero-order valence-electron chi connectivity index (χ0n) is 12.0. The van der Waals surface area contributed by atoms with E-state index in [0.29, 0.717) is 5.69 Å². The molecular weight excluding hydrogens is 307 g/mol. The highest BCUT2D eigenvalue weighted by molar-refractivity contribution is 6.44. The molecule has 0 radical (unpaired) electrons. The first-order chi connectivity index (χ1) is 10.4. The van der Waals surface area contributed by atoms with Gasteiger partial charge in [0.1, 0.15) is 5.82 Å². The monoisotopic (exact) mass is 320 g/mol. The average molecular weight is 321 g/mol. The van der Waals surface area contributed by atoms with Crippen LogP contribution in [-0.4, -0.2) is 11.8 Å². The Kier molecular flexibility index (Phi) is 4.78. The van der Waals surface area contributed by atoms with Gasteiger partial charge in [-0.05, 0) is 43.2 Å². The Balaban J connectivity index is 2.09. The summed E-state index contributed by atoms with van der Waals surface area (Å²) in [5, 5.41) is 4.80. The van der Waals surface area contributed by atoms with Crippen molar-refractivity contribution in [3.05, 3.63) is 58.4 Å². The van der Waals surface area contributed by atoms with E-state index in [4.69, 9.17) is 11.6 Å². The second-order valence-corrected chi connectivity index (χ2v) is 5.21. The number of carbonyl (C=O) groups excluding carboxylic acids is 2. The topological polar surface area (TPSA) is 58.2 Å². The fraction of sp³-hybridized carbons (Fsp3) is 0.125. The lowest BCUT2D eigenvalue weighted by atomic mass is 10.1. The van der Waals surface area contributed by atoms with Gasteiger partial charge in [0, 0.05) is 11.4 Å². The predicted octanol–water partition coefficient (Wildman–Crippen LogP) is 3.67. The van der Waals surface area contributed by atoms with E-state index in [9.17, 15) is 14.0 Å². The first-order valence-electron chi connectivity index (χ1n) is 6.52. The van der Waals surface area contributed by atoms with Gasteiger partial charge < -0.3 is 10.6 Å². The predicted molar refractivity (Wildman–Crippen MR) is 84.6 cm³/mol. The lowest BCUT2D eigenvalue weighted by molar-refractivity contribution is -0.133. The van der Waals surface area contributed by atoms with E-state index in [1.807, 2.05) is 32.0 Å². The van der Waals surface area contributed by atoms with Gasteiger partial charge >= 0.3 is 11.8 Å². The first-order valence-corrected chi connectivity index (χ1v) is 6.90. The van der Waals surface area contributed by atoms with Crippen molar-refractivity contribution >= 4 is 34.8 Å². The SMILES string of the molecule is Cc1cccc(C)c1NC(=O)C(=O)Nc1ccc(F)c(Cl)c1.